The molecule has 6 heteroatoms. The first kappa shape index (κ1) is 10.9. The van der Waals surface area contributed by atoms with E-state index in [1.165, 1.54) is 24.2 Å². The predicted octanol–water partition coefficient (Wildman–Crippen LogP) is 2.25. The Labute approximate surface area is 103 Å². The van der Waals surface area contributed by atoms with Crippen LogP contribution in [-0.4, -0.2) is 21.7 Å². The van der Waals surface area contributed by atoms with Crippen LogP contribution >= 0.6 is 11.3 Å². The first-order valence-electron chi connectivity index (χ1n) is 5.80. The van der Waals surface area contributed by atoms with Gasteiger partial charge in [0.05, 0.1) is 11.6 Å². The number of aromatic nitrogens is 3. The third kappa shape index (κ3) is 2.10. The summed E-state index contributed by atoms with van der Waals surface area (Å²) in [4.78, 5) is 8.61. The van der Waals surface area contributed by atoms with Gasteiger partial charge in [0.1, 0.15) is 5.69 Å². The van der Waals surface area contributed by atoms with E-state index in [0.717, 1.165) is 12.2 Å². The van der Waals surface area contributed by atoms with Gasteiger partial charge in [-0.2, -0.15) is 4.98 Å². The number of hydrogen-bond acceptors (Lipinski definition) is 6. The smallest absolute Gasteiger partial charge is 0.244 e. The van der Waals surface area contributed by atoms with Gasteiger partial charge in [0.15, 0.2) is 0 Å². The Morgan fingerprint density at radius 1 is 1.53 bits per heavy atom. The molecule has 90 valence electrons. The molecule has 1 fully saturated rings. The Balaban J connectivity index is 1.84. The fourth-order valence-corrected chi connectivity index (χ4v) is 2.70. The molecule has 2 atom stereocenters. The summed E-state index contributed by atoms with van der Waals surface area (Å²) in [5, 5.41) is 9.34. The number of nitrogens with one attached hydrogen (secondary N) is 1. The van der Waals surface area contributed by atoms with Gasteiger partial charge in [0.25, 0.3) is 0 Å². The third-order valence-corrected chi connectivity index (χ3v) is 3.73. The van der Waals surface area contributed by atoms with Gasteiger partial charge in [0, 0.05) is 5.38 Å². The van der Waals surface area contributed by atoms with E-state index in [-0.39, 0.29) is 6.04 Å². The molecule has 3 rings (SSSR count). The summed E-state index contributed by atoms with van der Waals surface area (Å²) in [6.07, 6.45) is 2.41. The second-order valence-corrected chi connectivity index (χ2v) is 5.10. The summed E-state index contributed by atoms with van der Waals surface area (Å²) < 4.78 is 5.34. The molecule has 0 aliphatic carbocycles. The van der Waals surface area contributed by atoms with Crippen molar-refractivity contribution in [2.45, 2.75) is 25.8 Å². The minimum Gasteiger partial charge on any atom is -0.337 e. The summed E-state index contributed by atoms with van der Waals surface area (Å²) >= 11 is 1.53. The lowest BCUT2D eigenvalue weighted by molar-refractivity contribution is 0.239. The van der Waals surface area contributed by atoms with Gasteiger partial charge in [-0.25, -0.2) is 4.98 Å². The maximum atomic E-state index is 5.34. The van der Waals surface area contributed by atoms with Crippen LogP contribution in [0, 0.1) is 5.92 Å². The summed E-state index contributed by atoms with van der Waals surface area (Å²) in [5.41, 5.74) is 2.56. The molecule has 2 unspecified atom stereocenters. The molecule has 17 heavy (non-hydrogen) atoms. The van der Waals surface area contributed by atoms with E-state index in [2.05, 4.69) is 27.4 Å². The normalized spacial score (nSPS) is 25.0. The van der Waals surface area contributed by atoms with E-state index in [1.807, 2.05) is 5.38 Å². The Morgan fingerprint density at radius 3 is 3.24 bits per heavy atom. The van der Waals surface area contributed by atoms with Gasteiger partial charge in [0.2, 0.25) is 11.7 Å². The Kier molecular flexibility index (Phi) is 2.90. The predicted molar refractivity (Wildman–Crippen MR) is 64.5 cm³/mol. The zero-order valence-electron chi connectivity index (χ0n) is 9.59. The fraction of sp³-hybridized carbons (Fsp3) is 0.545. The largest absolute Gasteiger partial charge is 0.337 e. The summed E-state index contributed by atoms with van der Waals surface area (Å²) in [6, 6.07) is 0.184. The number of piperidine rings is 1. The van der Waals surface area contributed by atoms with Crippen LogP contribution in [-0.2, 0) is 0 Å². The Hall–Kier alpha value is -1.27. The van der Waals surface area contributed by atoms with Crippen molar-refractivity contribution in [3.63, 3.8) is 0 Å². The fourth-order valence-electron chi connectivity index (χ4n) is 2.17. The quantitative estimate of drug-likeness (QED) is 0.885. The molecule has 1 saturated heterocycles. The molecule has 1 aliphatic rings. The molecular formula is C11H14N4OS. The summed E-state index contributed by atoms with van der Waals surface area (Å²) in [6.45, 7) is 3.23. The number of hydrogen-bond donors (Lipinski definition) is 1. The highest BCUT2D eigenvalue weighted by Crippen LogP contribution is 2.28. The highest BCUT2D eigenvalue weighted by Gasteiger charge is 2.27. The average molecular weight is 250 g/mol. The van der Waals surface area contributed by atoms with Crippen LogP contribution < -0.4 is 5.32 Å². The van der Waals surface area contributed by atoms with Crippen LogP contribution in [0.1, 0.15) is 31.7 Å². The van der Waals surface area contributed by atoms with Gasteiger partial charge in [-0.1, -0.05) is 12.1 Å². The van der Waals surface area contributed by atoms with Crippen molar-refractivity contribution in [2.75, 3.05) is 6.54 Å². The summed E-state index contributed by atoms with van der Waals surface area (Å²) in [7, 11) is 0. The lowest BCUT2D eigenvalue weighted by Gasteiger charge is -2.26. The van der Waals surface area contributed by atoms with E-state index in [4.69, 9.17) is 4.52 Å². The van der Waals surface area contributed by atoms with Crippen molar-refractivity contribution < 1.29 is 4.52 Å². The molecule has 1 aliphatic heterocycles. The molecule has 0 radical (unpaired) electrons. The molecule has 1 N–H and O–H groups in total. The first-order chi connectivity index (χ1) is 8.34. The van der Waals surface area contributed by atoms with Gasteiger partial charge < -0.3 is 9.84 Å². The van der Waals surface area contributed by atoms with Crippen molar-refractivity contribution in [3.05, 3.63) is 16.8 Å². The molecule has 0 bridgehead atoms. The second-order valence-electron chi connectivity index (χ2n) is 4.38. The van der Waals surface area contributed by atoms with Gasteiger partial charge in [-0.15, -0.1) is 11.3 Å². The van der Waals surface area contributed by atoms with Crippen LogP contribution in [0.5, 0.6) is 0 Å². The number of rotatable bonds is 2. The van der Waals surface area contributed by atoms with E-state index in [0.29, 0.717) is 17.6 Å². The SMILES string of the molecule is CC1CCCNC1c1nc(-c2cscn2)no1. The molecule has 0 saturated carbocycles. The van der Waals surface area contributed by atoms with Gasteiger partial charge in [-0.05, 0) is 25.3 Å². The van der Waals surface area contributed by atoms with Crippen molar-refractivity contribution in [1.29, 1.82) is 0 Å². The first-order valence-corrected chi connectivity index (χ1v) is 6.74. The van der Waals surface area contributed by atoms with Crippen molar-refractivity contribution in [2.24, 2.45) is 5.92 Å². The van der Waals surface area contributed by atoms with Crippen molar-refractivity contribution in [1.82, 2.24) is 20.4 Å². The molecule has 0 amide bonds. The molecule has 2 aromatic heterocycles. The lowest BCUT2D eigenvalue weighted by Crippen LogP contribution is -2.33. The van der Waals surface area contributed by atoms with Crippen LogP contribution in [0.3, 0.4) is 0 Å². The van der Waals surface area contributed by atoms with E-state index < -0.39 is 0 Å². The van der Waals surface area contributed by atoms with E-state index >= 15 is 0 Å². The van der Waals surface area contributed by atoms with Crippen molar-refractivity contribution >= 4 is 11.3 Å². The molecule has 3 heterocycles. The third-order valence-electron chi connectivity index (χ3n) is 3.14. The van der Waals surface area contributed by atoms with Crippen LogP contribution in [0.2, 0.25) is 0 Å². The van der Waals surface area contributed by atoms with Gasteiger partial charge >= 0.3 is 0 Å². The van der Waals surface area contributed by atoms with Crippen LogP contribution in [0.15, 0.2) is 15.4 Å². The molecular weight excluding hydrogens is 236 g/mol. The van der Waals surface area contributed by atoms with E-state index in [1.54, 1.807) is 5.51 Å². The zero-order chi connectivity index (χ0) is 11.7. The standard InChI is InChI=1S/C11H14N4OS/c1-7-3-2-4-12-9(7)11-14-10(15-16-11)8-5-17-6-13-8/h5-7,9,12H,2-4H2,1H3. The monoisotopic (exact) mass is 250 g/mol. The maximum Gasteiger partial charge on any atom is 0.244 e. The van der Waals surface area contributed by atoms with Crippen LogP contribution in [0.25, 0.3) is 11.5 Å². The molecule has 5 nitrogen and oxygen atoms in total. The van der Waals surface area contributed by atoms with Gasteiger partial charge in [-0.3, -0.25) is 0 Å². The van der Waals surface area contributed by atoms with Crippen molar-refractivity contribution in [3.8, 4) is 11.5 Å². The zero-order valence-corrected chi connectivity index (χ0v) is 10.4. The number of nitrogens with zero attached hydrogens (tertiary/aromatic N) is 3. The highest BCUT2D eigenvalue weighted by molar-refractivity contribution is 7.07. The summed E-state index contributed by atoms with van der Waals surface area (Å²) in [5.74, 6) is 1.80. The molecule has 0 aromatic carbocycles. The minimum atomic E-state index is 0.184. The van der Waals surface area contributed by atoms with E-state index in [9.17, 15) is 0 Å². The molecule has 0 spiro atoms. The second kappa shape index (κ2) is 4.54. The minimum absolute atomic E-state index is 0.184. The maximum absolute atomic E-state index is 5.34. The lowest BCUT2D eigenvalue weighted by atomic mass is 9.93. The average Bonchev–Trinajstić information content (AvgIpc) is 3.00. The topological polar surface area (TPSA) is 63.8 Å². The molecule has 2 aromatic rings. The Bertz CT molecular complexity index is 481. The highest BCUT2D eigenvalue weighted by atomic mass is 32.1. The Morgan fingerprint density at radius 2 is 2.47 bits per heavy atom. The number of thiazole rings is 1. The van der Waals surface area contributed by atoms with Crippen LogP contribution in [0.4, 0.5) is 0 Å².